The van der Waals surface area contributed by atoms with Crippen LogP contribution in [0, 0.1) is 5.92 Å². The number of carbonyl (C=O) groups excluding carboxylic acids is 1. The molecule has 2 rings (SSSR count). The number of nitrogens with zero attached hydrogens (tertiary/aromatic N) is 1. The number of esters is 1. The summed E-state index contributed by atoms with van der Waals surface area (Å²) in [7, 11) is 1.96. The minimum Gasteiger partial charge on any atom is -0.494 e. The van der Waals surface area contributed by atoms with Gasteiger partial charge in [-0.1, -0.05) is 0 Å². The number of benzene rings is 1. The maximum absolute atomic E-state index is 11.9. The van der Waals surface area contributed by atoms with Crippen molar-refractivity contribution in [2.75, 3.05) is 39.8 Å². The lowest BCUT2D eigenvalue weighted by Crippen LogP contribution is -2.31. The van der Waals surface area contributed by atoms with Gasteiger partial charge in [-0.25, -0.2) is 0 Å². The van der Waals surface area contributed by atoms with Crippen LogP contribution in [0.5, 0.6) is 11.5 Å². The molecule has 116 valence electrons. The highest BCUT2D eigenvalue weighted by Gasteiger charge is 2.24. The first-order valence-corrected chi connectivity index (χ1v) is 7.51. The summed E-state index contributed by atoms with van der Waals surface area (Å²) in [5.41, 5.74) is 0. The highest BCUT2D eigenvalue weighted by molar-refractivity contribution is 5.74. The fraction of sp³-hybridized carbons (Fsp3) is 0.562. The van der Waals surface area contributed by atoms with E-state index in [1.54, 1.807) is 12.1 Å². The molecule has 1 N–H and O–H groups in total. The van der Waals surface area contributed by atoms with Crippen LogP contribution in [0.4, 0.5) is 0 Å². The van der Waals surface area contributed by atoms with Gasteiger partial charge < -0.3 is 14.8 Å². The van der Waals surface area contributed by atoms with Crippen LogP contribution >= 0.6 is 0 Å². The predicted octanol–water partition coefficient (Wildman–Crippen LogP) is 1.53. The Hall–Kier alpha value is -1.59. The Labute approximate surface area is 126 Å². The minimum absolute atomic E-state index is 0.204. The van der Waals surface area contributed by atoms with E-state index >= 15 is 0 Å². The molecule has 1 aromatic carbocycles. The zero-order chi connectivity index (χ0) is 15.1. The minimum atomic E-state index is -0.204. The predicted molar refractivity (Wildman–Crippen MR) is 81.7 cm³/mol. The SMILES string of the molecule is CCOc1ccc(OC(=O)CN2CCC(CNC)C2)cc1. The first-order valence-electron chi connectivity index (χ1n) is 7.51. The van der Waals surface area contributed by atoms with Crippen molar-refractivity contribution in [2.45, 2.75) is 13.3 Å². The van der Waals surface area contributed by atoms with Gasteiger partial charge in [-0.3, -0.25) is 9.69 Å². The third-order valence-corrected chi connectivity index (χ3v) is 3.58. The molecule has 0 aromatic heterocycles. The molecular weight excluding hydrogens is 268 g/mol. The average Bonchev–Trinajstić information content (AvgIpc) is 2.89. The van der Waals surface area contributed by atoms with E-state index in [1.165, 1.54) is 0 Å². The van der Waals surface area contributed by atoms with E-state index in [2.05, 4.69) is 10.2 Å². The van der Waals surface area contributed by atoms with Crippen molar-refractivity contribution in [3.05, 3.63) is 24.3 Å². The van der Waals surface area contributed by atoms with Crippen molar-refractivity contribution < 1.29 is 14.3 Å². The maximum atomic E-state index is 11.9. The molecule has 1 unspecified atom stereocenters. The van der Waals surface area contributed by atoms with Crippen molar-refractivity contribution in [2.24, 2.45) is 5.92 Å². The molecule has 1 heterocycles. The number of rotatable bonds is 7. The molecule has 21 heavy (non-hydrogen) atoms. The molecule has 1 fully saturated rings. The van der Waals surface area contributed by atoms with E-state index in [0.717, 1.165) is 31.8 Å². The van der Waals surface area contributed by atoms with Gasteiger partial charge in [0.15, 0.2) is 0 Å². The van der Waals surface area contributed by atoms with E-state index in [4.69, 9.17) is 9.47 Å². The van der Waals surface area contributed by atoms with Crippen LogP contribution in [0.3, 0.4) is 0 Å². The van der Waals surface area contributed by atoms with Crippen LogP contribution in [-0.4, -0.2) is 50.7 Å². The largest absolute Gasteiger partial charge is 0.494 e. The summed E-state index contributed by atoms with van der Waals surface area (Å²) in [6.07, 6.45) is 1.14. The Balaban J connectivity index is 1.76. The third kappa shape index (κ3) is 5.02. The van der Waals surface area contributed by atoms with E-state index < -0.39 is 0 Å². The second-order valence-electron chi connectivity index (χ2n) is 5.33. The molecule has 0 saturated carbocycles. The first-order chi connectivity index (χ1) is 10.2. The second-order valence-corrected chi connectivity index (χ2v) is 5.33. The lowest BCUT2D eigenvalue weighted by atomic mass is 10.1. The summed E-state index contributed by atoms with van der Waals surface area (Å²) in [5, 5.41) is 3.18. The highest BCUT2D eigenvalue weighted by Crippen LogP contribution is 2.19. The lowest BCUT2D eigenvalue weighted by molar-refractivity contribution is -0.135. The third-order valence-electron chi connectivity index (χ3n) is 3.58. The van der Waals surface area contributed by atoms with Gasteiger partial charge >= 0.3 is 5.97 Å². The fourth-order valence-corrected chi connectivity index (χ4v) is 2.63. The van der Waals surface area contributed by atoms with E-state index in [1.807, 2.05) is 26.1 Å². The number of nitrogens with one attached hydrogen (secondary N) is 1. The summed E-state index contributed by atoms with van der Waals surface area (Å²) in [5.74, 6) is 1.78. The van der Waals surface area contributed by atoms with Crippen LogP contribution in [0.15, 0.2) is 24.3 Å². The lowest BCUT2D eigenvalue weighted by Gasteiger charge is -2.15. The summed E-state index contributed by atoms with van der Waals surface area (Å²) in [4.78, 5) is 14.1. The summed E-state index contributed by atoms with van der Waals surface area (Å²) < 4.78 is 10.7. The molecule has 5 heteroatoms. The van der Waals surface area contributed by atoms with Gasteiger partial charge in [0, 0.05) is 6.54 Å². The van der Waals surface area contributed by atoms with E-state index in [9.17, 15) is 4.79 Å². The molecule has 5 nitrogen and oxygen atoms in total. The van der Waals surface area contributed by atoms with Gasteiger partial charge in [-0.15, -0.1) is 0 Å². The van der Waals surface area contributed by atoms with Crippen molar-refractivity contribution in [1.82, 2.24) is 10.2 Å². The van der Waals surface area contributed by atoms with Gasteiger partial charge in [0.2, 0.25) is 0 Å². The summed E-state index contributed by atoms with van der Waals surface area (Å²) in [6.45, 7) is 5.84. The van der Waals surface area contributed by atoms with Gasteiger partial charge in [-0.2, -0.15) is 0 Å². The van der Waals surface area contributed by atoms with Crippen molar-refractivity contribution in [3.63, 3.8) is 0 Å². The molecule has 1 saturated heterocycles. The molecule has 1 aliphatic rings. The maximum Gasteiger partial charge on any atom is 0.325 e. The Kier molecular flexibility index (Phi) is 6.02. The van der Waals surface area contributed by atoms with Gasteiger partial charge in [0.05, 0.1) is 13.2 Å². The molecule has 0 bridgehead atoms. The smallest absolute Gasteiger partial charge is 0.325 e. The van der Waals surface area contributed by atoms with Gasteiger partial charge in [0.1, 0.15) is 11.5 Å². The molecule has 0 aliphatic carbocycles. The Morgan fingerprint density at radius 3 is 2.71 bits per heavy atom. The summed E-state index contributed by atoms with van der Waals surface area (Å²) in [6, 6.07) is 7.14. The fourth-order valence-electron chi connectivity index (χ4n) is 2.63. The van der Waals surface area contributed by atoms with Crippen LogP contribution in [0.2, 0.25) is 0 Å². The second kappa shape index (κ2) is 8.00. The molecule has 0 spiro atoms. The first kappa shape index (κ1) is 15.8. The zero-order valence-corrected chi connectivity index (χ0v) is 12.8. The molecular formula is C16H24N2O3. The Morgan fingerprint density at radius 2 is 2.05 bits per heavy atom. The molecule has 1 atom stereocenters. The number of ether oxygens (including phenoxy) is 2. The highest BCUT2D eigenvalue weighted by atomic mass is 16.5. The number of carbonyl (C=O) groups is 1. The van der Waals surface area contributed by atoms with Crippen molar-refractivity contribution in [3.8, 4) is 11.5 Å². The van der Waals surface area contributed by atoms with Crippen molar-refractivity contribution >= 4 is 5.97 Å². The standard InChI is InChI=1S/C16H24N2O3/c1-3-20-14-4-6-15(7-5-14)21-16(19)12-18-9-8-13(11-18)10-17-2/h4-7,13,17H,3,8-12H2,1-2H3. The van der Waals surface area contributed by atoms with E-state index in [0.29, 0.717) is 24.8 Å². The molecule has 1 aliphatic heterocycles. The Morgan fingerprint density at radius 1 is 1.33 bits per heavy atom. The van der Waals surface area contributed by atoms with Crippen LogP contribution in [0.25, 0.3) is 0 Å². The number of hydrogen-bond acceptors (Lipinski definition) is 5. The van der Waals surface area contributed by atoms with E-state index in [-0.39, 0.29) is 5.97 Å². The Bertz CT molecular complexity index is 447. The van der Waals surface area contributed by atoms with Crippen LogP contribution in [-0.2, 0) is 4.79 Å². The monoisotopic (exact) mass is 292 g/mol. The zero-order valence-electron chi connectivity index (χ0n) is 12.8. The summed E-state index contributed by atoms with van der Waals surface area (Å²) >= 11 is 0. The average molecular weight is 292 g/mol. The van der Waals surface area contributed by atoms with Gasteiger partial charge in [0.25, 0.3) is 0 Å². The molecule has 0 radical (unpaired) electrons. The van der Waals surface area contributed by atoms with Gasteiger partial charge in [-0.05, 0) is 63.7 Å². The topological polar surface area (TPSA) is 50.8 Å². The van der Waals surface area contributed by atoms with Crippen molar-refractivity contribution in [1.29, 1.82) is 0 Å². The number of hydrogen-bond donors (Lipinski definition) is 1. The molecule has 0 amide bonds. The number of likely N-dealkylation sites (tertiary alicyclic amines) is 1. The normalized spacial score (nSPS) is 18.7. The molecule has 1 aromatic rings. The van der Waals surface area contributed by atoms with Crippen LogP contribution in [0.1, 0.15) is 13.3 Å². The van der Waals surface area contributed by atoms with Crippen LogP contribution < -0.4 is 14.8 Å². The quantitative estimate of drug-likeness (QED) is 0.610.